The Morgan fingerprint density at radius 3 is 2.19 bits per heavy atom. The van der Waals surface area contributed by atoms with E-state index < -0.39 is 17.4 Å². The van der Waals surface area contributed by atoms with Crippen LogP contribution in [0.2, 0.25) is 0 Å². The molecular weight excluding hydrogens is 340 g/mol. The SMILES string of the molecule is C=C1CC(C(=O)OCC)(C(=O)OCC)CCC1(C)C/C=C/c1ccccc1. The molecule has 0 spiro atoms. The van der Waals surface area contributed by atoms with Gasteiger partial charge in [-0.05, 0) is 50.5 Å². The number of hydrogen-bond acceptors (Lipinski definition) is 4. The van der Waals surface area contributed by atoms with Crippen molar-refractivity contribution in [3.63, 3.8) is 0 Å². The number of ether oxygens (including phenoxy) is 2. The molecule has 0 saturated heterocycles. The molecule has 1 aromatic carbocycles. The molecule has 1 aromatic rings. The summed E-state index contributed by atoms with van der Waals surface area (Å²) in [7, 11) is 0. The van der Waals surface area contributed by atoms with Gasteiger partial charge in [-0.3, -0.25) is 9.59 Å². The summed E-state index contributed by atoms with van der Waals surface area (Å²) >= 11 is 0. The van der Waals surface area contributed by atoms with Gasteiger partial charge in [0.25, 0.3) is 0 Å². The third-order valence-electron chi connectivity index (χ3n) is 5.48. The first-order valence-corrected chi connectivity index (χ1v) is 9.62. The fourth-order valence-electron chi connectivity index (χ4n) is 3.57. The molecule has 0 radical (unpaired) electrons. The summed E-state index contributed by atoms with van der Waals surface area (Å²) in [6.45, 7) is 10.3. The smallest absolute Gasteiger partial charge is 0.323 e. The molecule has 1 aliphatic rings. The molecule has 0 aromatic heterocycles. The van der Waals surface area contributed by atoms with Crippen molar-refractivity contribution in [1.82, 2.24) is 0 Å². The van der Waals surface area contributed by atoms with Gasteiger partial charge in [0.1, 0.15) is 0 Å². The van der Waals surface area contributed by atoms with Crippen molar-refractivity contribution in [3.05, 3.63) is 54.1 Å². The number of esters is 2. The van der Waals surface area contributed by atoms with Gasteiger partial charge in [0.05, 0.1) is 13.2 Å². The summed E-state index contributed by atoms with van der Waals surface area (Å²) in [6.07, 6.45) is 6.42. The number of hydrogen-bond donors (Lipinski definition) is 0. The predicted octanol–water partition coefficient (Wildman–Crippen LogP) is 4.95. The molecule has 4 nitrogen and oxygen atoms in total. The highest BCUT2D eigenvalue weighted by atomic mass is 16.6. The van der Waals surface area contributed by atoms with Crippen LogP contribution in [0.3, 0.4) is 0 Å². The average molecular weight is 370 g/mol. The van der Waals surface area contributed by atoms with E-state index >= 15 is 0 Å². The second-order valence-electron chi connectivity index (χ2n) is 7.38. The van der Waals surface area contributed by atoms with Crippen molar-refractivity contribution < 1.29 is 19.1 Å². The normalized spacial score (nSPS) is 21.8. The maximum atomic E-state index is 12.6. The van der Waals surface area contributed by atoms with Crippen LogP contribution < -0.4 is 0 Å². The highest BCUT2D eigenvalue weighted by Crippen LogP contribution is 2.51. The van der Waals surface area contributed by atoms with Gasteiger partial charge >= 0.3 is 11.9 Å². The Hall–Kier alpha value is -2.36. The monoisotopic (exact) mass is 370 g/mol. The zero-order valence-electron chi connectivity index (χ0n) is 16.6. The van der Waals surface area contributed by atoms with Gasteiger partial charge in [-0.15, -0.1) is 0 Å². The summed E-state index contributed by atoms with van der Waals surface area (Å²) in [5, 5.41) is 0. The first kappa shape index (κ1) is 20.9. The summed E-state index contributed by atoms with van der Waals surface area (Å²) in [5.74, 6) is -0.988. The topological polar surface area (TPSA) is 52.6 Å². The van der Waals surface area contributed by atoms with Crippen molar-refractivity contribution in [2.75, 3.05) is 13.2 Å². The van der Waals surface area contributed by atoms with E-state index in [1.54, 1.807) is 13.8 Å². The minimum atomic E-state index is -1.26. The fourth-order valence-corrected chi connectivity index (χ4v) is 3.57. The van der Waals surface area contributed by atoms with Crippen LogP contribution in [0, 0.1) is 10.8 Å². The summed E-state index contributed by atoms with van der Waals surface area (Å²) in [5.41, 5.74) is 0.627. The first-order chi connectivity index (χ1) is 12.9. The highest BCUT2D eigenvalue weighted by Gasteiger charge is 2.54. The summed E-state index contributed by atoms with van der Waals surface area (Å²) in [4.78, 5) is 25.2. The summed E-state index contributed by atoms with van der Waals surface area (Å²) < 4.78 is 10.4. The molecule has 2 rings (SSSR count). The Morgan fingerprint density at radius 1 is 1.07 bits per heavy atom. The first-order valence-electron chi connectivity index (χ1n) is 9.62. The second kappa shape index (κ2) is 9.03. The molecule has 1 unspecified atom stereocenters. The maximum absolute atomic E-state index is 12.6. The third kappa shape index (κ3) is 4.68. The predicted molar refractivity (Wildman–Crippen MR) is 107 cm³/mol. The molecular formula is C23H30O4. The largest absolute Gasteiger partial charge is 0.465 e. The minimum Gasteiger partial charge on any atom is -0.465 e. The quantitative estimate of drug-likeness (QED) is 0.387. The number of rotatable bonds is 7. The summed E-state index contributed by atoms with van der Waals surface area (Å²) in [6, 6.07) is 10.1. The molecule has 1 fully saturated rings. The Bertz CT molecular complexity index is 686. The molecule has 1 aliphatic carbocycles. The van der Waals surface area contributed by atoms with E-state index in [-0.39, 0.29) is 25.0 Å². The van der Waals surface area contributed by atoms with Crippen molar-refractivity contribution in [2.24, 2.45) is 10.8 Å². The molecule has 0 aliphatic heterocycles. The van der Waals surface area contributed by atoms with Gasteiger partial charge in [-0.1, -0.05) is 61.6 Å². The van der Waals surface area contributed by atoms with Crippen LogP contribution in [0.1, 0.15) is 52.0 Å². The van der Waals surface area contributed by atoms with Crippen LogP contribution in [-0.2, 0) is 19.1 Å². The van der Waals surface area contributed by atoms with Gasteiger partial charge in [0.2, 0.25) is 0 Å². The van der Waals surface area contributed by atoms with Gasteiger partial charge in [-0.25, -0.2) is 0 Å². The highest BCUT2D eigenvalue weighted by molar-refractivity contribution is 6.00. The van der Waals surface area contributed by atoms with Gasteiger partial charge in [0.15, 0.2) is 5.41 Å². The lowest BCUT2D eigenvalue weighted by Gasteiger charge is -2.43. The minimum absolute atomic E-state index is 0.159. The Labute approximate surface area is 162 Å². The van der Waals surface area contributed by atoms with Gasteiger partial charge < -0.3 is 9.47 Å². The van der Waals surface area contributed by atoms with Crippen LogP contribution in [0.5, 0.6) is 0 Å². The van der Waals surface area contributed by atoms with Crippen LogP contribution in [0.25, 0.3) is 6.08 Å². The van der Waals surface area contributed by atoms with Crippen LogP contribution in [0.15, 0.2) is 48.6 Å². The van der Waals surface area contributed by atoms with Crippen molar-refractivity contribution in [3.8, 4) is 0 Å². The molecule has 1 atom stereocenters. The Morgan fingerprint density at radius 2 is 1.67 bits per heavy atom. The lowest BCUT2D eigenvalue weighted by atomic mass is 9.60. The van der Waals surface area contributed by atoms with E-state index in [0.717, 1.165) is 17.6 Å². The van der Waals surface area contributed by atoms with E-state index in [2.05, 4.69) is 37.8 Å². The van der Waals surface area contributed by atoms with Crippen molar-refractivity contribution in [2.45, 2.75) is 46.5 Å². The number of allylic oxidation sites excluding steroid dienone is 2. The van der Waals surface area contributed by atoms with E-state index in [1.165, 1.54) is 0 Å². The Kier molecular flexibility index (Phi) is 7.00. The second-order valence-corrected chi connectivity index (χ2v) is 7.38. The average Bonchev–Trinajstić information content (AvgIpc) is 2.65. The molecule has 1 saturated carbocycles. The molecule has 0 amide bonds. The number of benzene rings is 1. The fraction of sp³-hybridized carbons (Fsp3) is 0.478. The maximum Gasteiger partial charge on any atom is 0.323 e. The van der Waals surface area contributed by atoms with Gasteiger partial charge in [-0.2, -0.15) is 0 Å². The zero-order chi connectivity index (χ0) is 19.9. The van der Waals surface area contributed by atoms with E-state index in [4.69, 9.17) is 9.47 Å². The molecule has 4 heteroatoms. The van der Waals surface area contributed by atoms with Gasteiger partial charge in [0, 0.05) is 0 Å². The van der Waals surface area contributed by atoms with Crippen LogP contribution in [-0.4, -0.2) is 25.2 Å². The van der Waals surface area contributed by atoms with E-state index in [9.17, 15) is 9.59 Å². The van der Waals surface area contributed by atoms with Crippen molar-refractivity contribution >= 4 is 18.0 Å². The molecule has 27 heavy (non-hydrogen) atoms. The van der Waals surface area contributed by atoms with Crippen LogP contribution >= 0.6 is 0 Å². The van der Waals surface area contributed by atoms with Crippen molar-refractivity contribution in [1.29, 1.82) is 0 Å². The number of carbonyl (C=O) groups is 2. The standard InChI is InChI=1S/C23H30O4/c1-5-26-20(24)23(21(25)27-6-2)16-15-22(4,18(3)17-23)14-10-13-19-11-8-7-9-12-19/h7-13H,3,5-6,14-17H2,1-2,4H3/b13-10+. The molecule has 0 heterocycles. The van der Waals surface area contributed by atoms with E-state index in [1.807, 2.05) is 18.2 Å². The number of carbonyl (C=O) groups excluding carboxylic acids is 2. The van der Waals surface area contributed by atoms with E-state index in [0.29, 0.717) is 12.8 Å². The Balaban J connectivity index is 2.15. The molecule has 146 valence electrons. The lowest BCUT2D eigenvalue weighted by Crippen LogP contribution is -2.47. The molecule has 0 bridgehead atoms. The van der Waals surface area contributed by atoms with Crippen LogP contribution in [0.4, 0.5) is 0 Å². The molecule has 0 N–H and O–H groups in total. The third-order valence-corrected chi connectivity index (χ3v) is 5.48. The lowest BCUT2D eigenvalue weighted by molar-refractivity contribution is -0.174. The zero-order valence-corrected chi connectivity index (χ0v) is 16.6.